The predicted octanol–water partition coefficient (Wildman–Crippen LogP) is 3.43. The molecule has 6 nitrogen and oxygen atoms in total. The van der Waals surface area contributed by atoms with Crippen LogP contribution < -0.4 is 14.4 Å². The van der Waals surface area contributed by atoms with Gasteiger partial charge in [-0.15, -0.1) is 0 Å². The molecule has 2 aromatic rings. The second-order valence-electron chi connectivity index (χ2n) is 6.88. The molecule has 0 bridgehead atoms. The van der Waals surface area contributed by atoms with Crippen molar-refractivity contribution >= 4 is 21.6 Å². The third-order valence-electron chi connectivity index (χ3n) is 4.58. The first-order valence-electron chi connectivity index (χ1n) is 9.19. The van der Waals surface area contributed by atoms with Gasteiger partial charge in [-0.2, -0.15) is 0 Å². The number of benzene rings is 2. The molecule has 2 aromatic carbocycles. The monoisotopic (exact) mass is 404 g/mol. The van der Waals surface area contributed by atoms with E-state index in [4.69, 9.17) is 4.74 Å². The van der Waals surface area contributed by atoms with Crippen molar-refractivity contribution in [3.8, 4) is 5.75 Å². The Labute approximate surface area is 167 Å². The zero-order chi connectivity index (χ0) is 20.9. The summed E-state index contributed by atoms with van der Waals surface area (Å²) >= 11 is 0. The minimum absolute atomic E-state index is 0.128. The average Bonchev–Trinajstić information content (AvgIpc) is 2.65. The molecular formula is C21H28N2O4S. The molecule has 0 aliphatic heterocycles. The maximum Gasteiger partial charge on any atom is 0.261 e. The topological polar surface area (TPSA) is 75.7 Å². The van der Waals surface area contributed by atoms with Gasteiger partial charge in [0.05, 0.1) is 18.0 Å². The van der Waals surface area contributed by atoms with E-state index in [9.17, 15) is 13.2 Å². The summed E-state index contributed by atoms with van der Waals surface area (Å²) < 4.78 is 30.2. The number of ether oxygens (including phenoxy) is 1. The van der Waals surface area contributed by atoms with Crippen molar-refractivity contribution in [1.82, 2.24) is 5.32 Å². The van der Waals surface area contributed by atoms with Gasteiger partial charge in [0.2, 0.25) is 10.0 Å². The number of amides is 1. The zero-order valence-corrected chi connectivity index (χ0v) is 17.8. The summed E-state index contributed by atoms with van der Waals surface area (Å²) in [5, 5.41) is 2.98. The molecule has 0 unspecified atom stereocenters. The Morgan fingerprint density at radius 2 is 1.68 bits per heavy atom. The Bertz CT molecular complexity index is 893. The Morgan fingerprint density at radius 1 is 1.11 bits per heavy atom. The lowest BCUT2D eigenvalue weighted by molar-refractivity contribution is -0.128. The van der Waals surface area contributed by atoms with E-state index in [-0.39, 0.29) is 11.9 Å². The molecule has 2 atom stereocenters. The van der Waals surface area contributed by atoms with E-state index >= 15 is 0 Å². The molecule has 0 aromatic heterocycles. The first kappa shape index (κ1) is 21.8. The van der Waals surface area contributed by atoms with Gasteiger partial charge in [0.15, 0.2) is 6.10 Å². The van der Waals surface area contributed by atoms with Crippen LogP contribution in [-0.4, -0.2) is 33.7 Å². The molecule has 0 aliphatic rings. The van der Waals surface area contributed by atoms with Crippen LogP contribution in [0.2, 0.25) is 0 Å². The number of carbonyl (C=O) groups is 1. The Kier molecular flexibility index (Phi) is 7.07. The second kappa shape index (κ2) is 9.10. The van der Waals surface area contributed by atoms with Gasteiger partial charge in [-0.1, -0.05) is 36.8 Å². The van der Waals surface area contributed by atoms with Crippen LogP contribution in [0.5, 0.6) is 5.75 Å². The van der Waals surface area contributed by atoms with Gasteiger partial charge >= 0.3 is 0 Å². The van der Waals surface area contributed by atoms with Gasteiger partial charge in [-0.3, -0.25) is 9.10 Å². The largest absolute Gasteiger partial charge is 0.481 e. The molecule has 0 fully saturated rings. The summed E-state index contributed by atoms with van der Waals surface area (Å²) in [6, 6.07) is 14.5. The highest BCUT2D eigenvalue weighted by Gasteiger charge is 2.21. The molecule has 0 saturated carbocycles. The van der Waals surface area contributed by atoms with Crippen molar-refractivity contribution in [1.29, 1.82) is 0 Å². The SMILES string of the molecule is CC[C@H](Oc1ccc(N(C)S(C)(=O)=O)cc1)C(=O)N[C@H](C)c1ccc(C)cc1. The third kappa shape index (κ3) is 5.73. The number of hydrogen-bond acceptors (Lipinski definition) is 4. The second-order valence-corrected chi connectivity index (χ2v) is 8.89. The highest BCUT2D eigenvalue weighted by molar-refractivity contribution is 7.92. The summed E-state index contributed by atoms with van der Waals surface area (Å²) in [6.07, 6.45) is 1.02. The van der Waals surface area contributed by atoms with Gasteiger partial charge < -0.3 is 10.1 Å². The Morgan fingerprint density at radius 3 is 2.18 bits per heavy atom. The number of sulfonamides is 1. The van der Waals surface area contributed by atoms with E-state index < -0.39 is 16.1 Å². The predicted molar refractivity (Wildman–Crippen MR) is 112 cm³/mol. The number of carbonyl (C=O) groups excluding carboxylic acids is 1. The molecule has 0 saturated heterocycles. The number of hydrogen-bond donors (Lipinski definition) is 1. The van der Waals surface area contributed by atoms with Crippen molar-refractivity contribution in [3.63, 3.8) is 0 Å². The number of nitrogens with one attached hydrogen (secondary N) is 1. The van der Waals surface area contributed by atoms with Crippen molar-refractivity contribution in [2.75, 3.05) is 17.6 Å². The highest BCUT2D eigenvalue weighted by Crippen LogP contribution is 2.22. The minimum Gasteiger partial charge on any atom is -0.481 e. The molecule has 28 heavy (non-hydrogen) atoms. The van der Waals surface area contributed by atoms with Crippen molar-refractivity contribution in [3.05, 3.63) is 59.7 Å². The van der Waals surface area contributed by atoms with Crippen LogP contribution in [0.1, 0.15) is 37.4 Å². The van der Waals surface area contributed by atoms with E-state index in [2.05, 4.69) is 5.32 Å². The molecule has 152 valence electrons. The highest BCUT2D eigenvalue weighted by atomic mass is 32.2. The maximum atomic E-state index is 12.6. The normalized spacial score (nSPS) is 13.5. The maximum absolute atomic E-state index is 12.6. The van der Waals surface area contributed by atoms with E-state index in [0.717, 1.165) is 11.8 Å². The van der Waals surface area contributed by atoms with Gasteiger partial charge in [0.25, 0.3) is 5.91 Å². The van der Waals surface area contributed by atoms with E-state index in [1.165, 1.54) is 16.9 Å². The van der Waals surface area contributed by atoms with Gasteiger partial charge in [0, 0.05) is 7.05 Å². The quantitative estimate of drug-likeness (QED) is 0.731. The summed E-state index contributed by atoms with van der Waals surface area (Å²) in [5.74, 6) is 0.323. The first-order valence-corrected chi connectivity index (χ1v) is 11.0. The fourth-order valence-electron chi connectivity index (χ4n) is 2.66. The van der Waals surface area contributed by atoms with Crippen molar-refractivity contribution in [2.45, 2.75) is 39.3 Å². The van der Waals surface area contributed by atoms with E-state index in [0.29, 0.717) is 17.9 Å². The van der Waals surface area contributed by atoms with E-state index in [1.54, 1.807) is 24.3 Å². The molecule has 0 spiro atoms. The van der Waals surface area contributed by atoms with Crippen LogP contribution in [0.25, 0.3) is 0 Å². The molecular weight excluding hydrogens is 376 g/mol. The molecule has 1 N–H and O–H groups in total. The summed E-state index contributed by atoms with van der Waals surface area (Å²) in [5.41, 5.74) is 2.73. The first-order chi connectivity index (χ1) is 13.1. The smallest absolute Gasteiger partial charge is 0.261 e. The lowest BCUT2D eigenvalue weighted by Gasteiger charge is -2.21. The molecule has 7 heteroatoms. The molecule has 0 aliphatic carbocycles. The fourth-order valence-corrected chi connectivity index (χ4v) is 3.16. The summed E-state index contributed by atoms with van der Waals surface area (Å²) in [6.45, 7) is 5.84. The molecule has 2 rings (SSSR count). The fraction of sp³-hybridized carbons (Fsp3) is 0.381. The number of nitrogens with zero attached hydrogens (tertiary/aromatic N) is 1. The van der Waals surface area contributed by atoms with Crippen LogP contribution >= 0.6 is 0 Å². The average molecular weight is 405 g/mol. The lowest BCUT2D eigenvalue weighted by atomic mass is 10.1. The van der Waals surface area contributed by atoms with Crippen LogP contribution in [0, 0.1) is 6.92 Å². The van der Waals surface area contributed by atoms with Crippen LogP contribution in [0.15, 0.2) is 48.5 Å². The van der Waals surface area contributed by atoms with Crippen LogP contribution in [-0.2, 0) is 14.8 Å². The summed E-state index contributed by atoms with van der Waals surface area (Å²) in [4.78, 5) is 12.6. The Hall–Kier alpha value is -2.54. The van der Waals surface area contributed by atoms with Crippen LogP contribution in [0.3, 0.4) is 0 Å². The molecule has 0 radical (unpaired) electrons. The third-order valence-corrected chi connectivity index (χ3v) is 5.78. The zero-order valence-electron chi connectivity index (χ0n) is 17.0. The molecule has 0 heterocycles. The van der Waals surface area contributed by atoms with Crippen LogP contribution in [0.4, 0.5) is 5.69 Å². The van der Waals surface area contributed by atoms with Gasteiger partial charge in [-0.05, 0) is 50.1 Å². The van der Waals surface area contributed by atoms with Crippen molar-refractivity contribution < 1.29 is 17.9 Å². The van der Waals surface area contributed by atoms with E-state index in [1.807, 2.05) is 45.0 Å². The minimum atomic E-state index is -3.32. The van der Waals surface area contributed by atoms with Gasteiger partial charge in [-0.25, -0.2) is 8.42 Å². The Balaban J connectivity index is 2.02. The molecule has 1 amide bonds. The van der Waals surface area contributed by atoms with Gasteiger partial charge in [0.1, 0.15) is 5.75 Å². The number of rotatable bonds is 8. The number of anilines is 1. The standard InChI is InChI=1S/C21H28N2O4S/c1-6-20(21(24)22-16(3)17-9-7-15(2)8-10-17)27-19-13-11-18(12-14-19)23(4)28(5,25)26/h7-14,16,20H,6H2,1-5H3,(H,22,24)/t16-,20+/m1/s1. The summed E-state index contributed by atoms with van der Waals surface area (Å²) in [7, 11) is -1.84. The number of aryl methyl sites for hydroxylation is 1. The lowest BCUT2D eigenvalue weighted by Crippen LogP contribution is -2.39. The van der Waals surface area contributed by atoms with Crippen molar-refractivity contribution in [2.24, 2.45) is 0 Å².